The van der Waals surface area contributed by atoms with Crippen molar-refractivity contribution in [2.45, 2.75) is 24.8 Å². The highest BCUT2D eigenvalue weighted by atomic mass is 35.5. The summed E-state index contributed by atoms with van der Waals surface area (Å²) < 4.78 is 31.8. The van der Waals surface area contributed by atoms with Gasteiger partial charge in [-0.15, -0.1) is 0 Å². The molecule has 0 aromatic heterocycles. The van der Waals surface area contributed by atoms with Crippen LogP contribution in [0.1, 0.15) is 13.8 Å². The van der Waals surface area contributed by atoms with Gasteiger partial charge in [0.2, 0.25) is 10.0 Å². The first-order chi connectivity index (χ1) is 8.36. The van der Waals surface area contributed by atoms with Crippen LogP contribution in [-0.2, 0) is 14.8 Å². The second-order valence-electron chi connectivity index (χ2n) is 3.86. The minimum Gasteiger partial charge on any atom is -0.398 e. The van der Waals surface area contributed by atoms with Gasteiger partial charge in [-0.3, -0.25) is 0 Å². The lowest BCUT2D eigenvalue weighted by atomic mass is 10.3. The van der Waals surface area contributed by atoms with E-state index < -0.39 is 10.0 Å². The lowest BCUT2D eigenvalue weighted by Crippen LogP contribution is -2.36. The lowest BCUT2D eigenvalue weighted by molar-refractivity contribution is 0.133. The summed E-state index contributed by atoms with van der Waals surface area (Å²) in [6.45, 7) is 4.39. The van der Waals surface area contributed by atoms with Crippen LogP contribution in [0.3, 0.4) is 0 Å². The minimum atomic E-state index is -3.68. The lowest BCUT2D eigenvalue weighted by Gasteiger charge is -2.15. The number of anilines is 1. The first-order valence-electron chi connectivity index (χ1n) is 5.52. The number of nitrogens with one attached hydrogen (secondary N) is 1. The van der Waals surface area contributed by atoms with Crippen LogP contribution < -0.4 is 10.5 Å². The number of sulfonamides is 1. The van der Waals surface area contributed by atoms with Crippen molar-refractivity contribution in [3.63, 3.8) is 0 Å². The van der Waals surface area contributed by atoms with Crippen molar-refractivity contribution in [2.24, 2.45) is 0 Å². The van der Waals surface area contributed by atoms with Crippen molar-refractivity contribution in [2.75, 3.05) is 18.9 Å². The highest BCUT2D eigenvalue weighted by molar-refractivity contribution is 7.89. The molecule has 0 aliphatic heterocycles. The third kappa shape index (κ3) is 4.13. The topological polar surface area (TPSA) is 81.4 Å². The number of nitrogens with two attached hydrogens (primary N) is 1. The predicted molar refractivity (Wildman–Crippen MR) is 72.1 cm³/mol. The standard InChI is InChI=1S/C11H17ClN2O3S/c1-3-17-7-8(2)14-18(15,16)11-6-9(12)4-5-10(11)13/h4-6,8,14H,3,7,13H2,1-2H3. The van der Waals surface area contributed by atoms with Crippen LogP contribution in [0.15, 0.2) is 23.1 Å². The van der Waals surface area contributed by atoms with E-state index in [0.717, 1.165) is 0 Å². The fourth-order valence-corrected chi connectivity index (χ4v) is 3.02. The zero-order valence-corrected chi connectivity index (χ0v) is 11.9. The van der Waals surface area contributed by atoms with Crippen LogP contribution in [0, 0.1) is 0 Å². The number of benzene rings is 1. The van der Waals surface area contributed by atoms with E-state index in [9.17, 15) is 8.42 Å². The Bertz CT molecular complexity index is 505. The summed E-state index contributed by atoms with van der Waals surface area (Å²) in [7, 11) is -3.68. The van der Waals surface area contributed by atoms with Gasteiger partial charge in [-0.25, -0.2) is 13.1 Å². The Kier molecular flexibility index (Phi) is 5.40. The molecule has 3 N–H and O–H groups in total. The largest absolute Gasteiger partial charge is 0.398 e. The fraction of sp³-hybridized carbons (Fsp3) is 0.455. The average molecular weight is 293 g/mol. The first-order valence-corrected chi connectivity index (χ1v) is 7.38. The zero-order valence-electron chi connectivity index (χ0n) is 10.3. The van der Waals surface area contributed by atoms with E-state index in [1.165, 1.54) is 12.1 Å². The molecule has 1 rings (SSSR count). The Labute approximate surface area is 112 Å². The summed E-state index contributed by atoms with van der Waals surface area (Å²) in [6, 6.07) is 3.99. The molecule has 0 saturated heterocycles. The normalized spacial score (nSPS) is 13.5. The maximum atomic E-state index is 12.1. The van der Waals surface area contributed by atoms with Gasteiger partial charge in [-0.1, -0.05) is 11.6 Å². The van der Waals surface area contributed by atoms with E-state index in [1.807, 2.05) is 6.92 Å². The van der Waals surface area contributed by atoms with Crippen LogP contribution in [0.4, 0.5) is 5.69 Å². The SMILES string of the molecule is CCOCC(C)NS(=O)(=O)c1cc(Cl)ccc1N. The van der Waals surface area contributed by atoms with E-state index in [-0.39, 0.29) is 16.6 Å². The van der Waals surface area contributed by atoms with Crippen molar-refractivity contribution in [3.05, 3.63) is 23.2 Å². The maximum Gasteiger partial charge on any atom is 0.242 e. The zero-order chi connectivity index (χ0) is 13.8. The summed E-state index contributed by atoms with van der Waals surface area (Å²) in [5.74, 6) is 0. The van der Waals surface area contributed by atoms with Crippen LogP contribution in [-0.4, -0.2) is 27.7 Å². The predicted octanol–water partition coefficient (Wildman–Crippen LogP) is 1.63. The summed E-state index contributed by atoms with van der Waals surface area (Å²) in [5, 5.41) is 0.321. The summed E-state index contributed by atoms with van der Waals surface area (Å²) in [5.41, 5.74) is 5.80. The van der Waals surface area contributed by atoms with Gasteiger partial charge >= 0.3 is 0 Å². The van der Waals surface area contributed by atoms with Crippen LogP contribution in [0.2, 0.25) is 5.02 Å². The summed E-state index contributed by atoms with van der Waals surface area (Å²) in [6.07, 6.45) is 0. The van der Waals surface area contributed by atoms with Crippen molar-refractivity contribution >= 4 is 27.3 Å². The maximum absolute atomic E-state index is 12.1. The van der Waals surface area contributed by atoms with Gasteiger partial charge in [0.25, 0.3) is 0 Å². The number of hydrogen-bond donors (Lipinski definition) is 2. The molecule has 0 radical (unpaired) electrons. The number of rotatable bonds is 6. The fourth-order valence-electron chi connectivity index (χ4n) is 1.40. The van der Waals surface area contributed by atoms with Crippen molar-refractivity contribution in [1.29, 1.82) is 0 Å². The Morgan fingerprint density at radius 3 is 2.78 bits per heavy atom. The van der Waals surface area contributed by atoms with Crippen LogP contribution in [0.25, 0.3) is 0 Å². The Balaban J connectivity index is 2.89. The molecule has 0 heterocycles. The monoisotopic (exact) mass is 292 g/mol. The third-order valence-electron chi connectivity index (χ3n) is 2.19. The molecule has 1 aromatic rings. The number of ether oxygens (including phenoxy) is 1. The molecule has 0 bridgehead atoms. The molecule has 1 atom stereocenters. The van der Waals surface area contributed by atoms with Crippen LogP contribution in [0.5, 0.6) is 0 Å². The average Bonchev–Trinajstić information content (AvgIpc) is 2.29. The smallest absolute Gasteiger partial charge is 0.242 e. The first kappa shape index (κ1) is 15.2. The van der Waals surface area contributed by atoms with Gasteiger partial charge in [0, 0.05) is 17.7 Å². The van der Waals surface area contributed by atoms with E-state index in [2.05, 4.69) is 4.72 Å². The second kappa shape index (κ2) is 6.38. The molecule has 0 fully saturated rings. The van der Waals surface area contributed by atoms with Gasteiger partial charge < -0.3 is 10.5 Å². The van der Waals surface area contributed by atoms with Crippen molar-refractivity contribution in [1.82, 2.24) is 4.72 Å². The van der Waals surface area contributed by atoms with Crippen molar-refractivity contribution < 1.29 is 13.2 Å². The quantitative estimate of drug-likeness (QED) is 0.781. The molecule has 7 heteroatoms. The molecular formula is C11H17ClN2O3S. The van der Waals surface area contributed by atoms with Gasteiger partial charge in [0.1, 0.15) is 4.90 Å². The van der Waals surface area contributed by atoms with Gasteiger partial charge in [0.05, 0.1) is 12.3 Å². The molecule has 102 valence electrons. The molecule has 18 heavy (non-hydrogen) atoms. The van der Waals surface area contributed by atoms with Gasteiger partial charge in [-0.05, 0) is 32.0 Å². The molecule has 0 aliphatic carbocycles. The van der Waals surface area contributed by atoms with Crippen molar-refractivity contribution in [3.8, 4) is 0 Å². The third-order valence-corrected chi connectivity index (χ3v) is 4.07. The van der Waals surface area contributed by atoms with E-state index in [4.69, 9.17) is 22.1 Å². The minimum absolute atomic E-state index is 0.0154. The molecular weight excluding hydrogens is 276 g/mol. The number of hydrogen-bond acceptors (Lipinski definition) is 4. The molecule has 0 saturated carbocycles. The second-order valence-corrected chi connectivity index (χ2v) is 5.98. The van der Waals surface area contributed by atoms with E-state index in [0.29, 0.717) is 18.2 Å². The molecule has 0 spiro atoms. The molecule has 0 aliphatic rings. The number of nitrogen functional groups attached to an aromatic ring is 1. The van der Waals surface area contributed by atoms with Crippen LogP contribution >= 0.6 is 11.6 Å². The highest BCUT2D eigenvalue weighted by Crippen LogP contribution is 2.22. The summed E-state index contributed by atoms with van der Waals surface area (Å²) in [4.78, 5) is -0.0154. The molecule has 5 nitrogen and oxygen atoms in total. The van der Waals surface area contributed by atoms with E-state index >= 15 is 0 Å². The Hall–Kier alpha value is -0.820. The Morgan fingerprint density at radius 1 is 1.50 bits per heavy atom. The molecule has 1 aromatic carbocycles. The van der Waals surface area contributed by atoms with E-state index in [1.54, 1.807) is 13.0 Å². The van der Waals surface area contributed by atoms with Gasteiger partial charge in [0.15, 0.2) is 0 Å². The van der Waals surface area contributed by atoms with Gasteiger partial charge in [-0.2, -0.15) is 0 Å². The summed E-state index contributed by atoms with van der Waals surface area (Å²) >= 11 is 5.77. The number of halogens is 1. The molecule has 0 amide bonds. The Morgan fingerprint density at radius 2 is 2.17 bits per heavy atom. The highest BCUT2D eigenvalue weighted by Gasteiger charge is 2.20. The molecule has 1 unspecified atom stereocenters.